The minimum atomic E-state index is -1.21. The topological polar surface area (TPSA) is 36.3 Å². The van der Waals surface area contributed by atoms with Crippen LogP contribution < -0.4 is 0 Å². The summed E-state index contributed by atoms with van der Waals surface area (Å²) in [6.45, 7) is 1.21. The number of aromatic nitrogens is 2. The molecule has 5 rings (SSSR count). The van der Waals surface area contributed by atoms with Crippen molar-refractivity contribution in [1.82, 2.24) is 9.55 Å². The van der Waals surface area contributed by atoms with Crippen LogP contribution in [0.4, 0.5) is 8.78 Å². The van der Waals surface area contributed by atoms with Crippen LogP contribution in [0.25, 0.3) is 11.3 Å². The van der Waals surface area contributed by atoms with Crippen molar-refractivity contribution in [3.8, 4) is 11.3 Å². The highest BCUT2D eigenvalue weighted by atomic mass is 19.1. The van der Waals surface area contributed by atoms with Crippen molar-refractivity contribution in [2.45, 2.75) is 56.0 Å². The lowest BCUT2D eigenvalue weighted by Crippen LogP contribution is -2.41. The van der Waals surface area contributed by atoms with E-state index in [0.29, 0.717) is 57.4 Å². The smallest absolute Gasteiger partial charge is 0.238 e. The molecule has 0 bridgehead atoms. The van der Waals surface area contributed by atoms with Gasteiger partial charge in [-0.1, -0.05) is 24.3 Å². The monoisotopic (exact) mass is 360 g/mol. The molecule has 4 nitrogen and oxygen atoms in total. The van der Waals surface area contributed by atoms with E-state index in [-0.39, 0.29) is 6.04 Å². The van der Waals surface area contributed by atoms with Crippen LogP contribution in [0.1, 0.15) is 50.1 Å². The lowest BCUT2D eigenvalue weighted by Gasteiger charge is -2.39. The SMILES string of the molecule is Fc1ncn2c1-c1ccccc1C2CCC1(F)CCC2(CC1)OCCO2. The third kappa shape index (κ3) is 2.50. The second-order valence-corrected chi connectivity index (χ2v) is 7.69. The van der Waals surface area contributed by atoms with Crippen LogP contribution in [0.2, 0.25) is 0 Å². The van der Waals surface area contributed by atoms with Gasteiger partial charge in [-0.25, -0.2) is 9.37 Å². The molecule has 3 heterocycles. The van der Waals surface area contributed by atoms with E-state index in [2.05, 4.69) is 4.98 Å². The summed E-state index contributed by atoms with van der Waals surface area (Å²) in [5.41, 5.74) is 1.24. The molecule has 138 valence electrons. The number of alkyl halides is 1. The highest BCUT2D eigenvalue weighted by Crippen LogP contribution is 2.47. The molecule has 2 aromatic rings. The van der Waals surface area contributed by atoms with E-state index >= 15 is 4.39 Å². The molecule has 2 fully saturated rings. The number of ether oxygens (including phenoxy) is 2. The molecule has 26 heavy (non-hydrogen) atoms. The molecule has 0 N–H and O–H groups in total. The van der Waals surface area contributed by atoms with Gasteiger partial charge in [-0.05, 0) is 31.2 Å². The number of benzene rings is 1. The normalized spacial score (nSPS) is 25.4. The van der Waals surface area contributed by atoms with E-state index in [4.69, 9.17) is 9.47 Å². The van der Waals surface area contributed by atoms with Gasteiger partial charge in [-0.2, -0.15) is 4.39 Å². The molecule has 3 aliphatic rings. The van der Waals surface area contributed by atoms with Gasteiger partial charge in [0, 0.05) is 18.4 Å². The fourth-order valence-corrected chi connectivity index (χ4v) is 4.78. The molecule has 1 unspecified atom stereocenters. The summed E-state index contributed by atoms with van der Waals surface area (Å²) in [4.78, 5) is 3.82. The Balaban J connectivity index is 1.33. The Morgan fingerprint density at radius 1 is 1.12 bits per heavy atom. The minimum absolute atomic E-state index is 0.0549. The maximum absolute atomic E-state index is 15.4. The lowest BCUT2D eigenvalue weighted by atomic mass is 9.79. The number of hydrogen-bond acceptors (Lipinski definition) is 3. The van der Waals surface area contributed by atoms with E-state index in [1.165, 1.54) is 6.33 Å². The quantitative estimate of drug-likeness (QED) is 0.814. The number of imidazole rings is 1. The fourth-order valence-electron chi connectivity index (χ4n) is 4.78. The van der Waals surface area contributed by atoms with E-state index in [1.54, 1.807) is 0 Å². The summed E-state index contributed by atoms with van der Waals surface area (Å²) in [7, 11) is 0. The second-order valence-electron chi connectivity index (χ2n) is 7.69. The number of halogens is 2. The maximum Gasteiger partial charge on any atom is 0.238 e. The average Bonchev–Trinajstić information content (AvgIpc) is 3.34. The molecular formula is C20H22F2N2O2. The highest BCUT2D eigenvalue weighted by Gasteiger charge is 2.47. The minimum Gasteiger partial charge on any atom is -0.348 e. The molecule has 1 atom stereocenters. The first-order valence-electron chi connectivity index (χ1n) is 9.38. The first-order chi connectivity index (χ1) is 12.6. The zero-order valence-electron chi connectivity index (χ0n) is 14.6. The molecule has 1 aliphatic carbocycles. The molecule has 1 saturated carbocycles. The van der Waals surface area contributed by atoms with Crippen LogP contribution >= 0.6 is 0 Å². The zero-order chi connectivity index (χ0) is 17.8. The van der Waals surface area contributed by atoms with Crippen LogP contribution in [-0.4, -0.2) is 34.2 Å². The van der Waals surface area contributed by atoms with E-state index < -0.39 is 17.4 Å². The molecule has 1 aromatic heterocycles. The Bertz CT molecular complexity index is 819. The maximum atomic E-state index is 15.4. The first kappa shape index (κ1) is 16.4. The second kappa shape index (κ2) is 5.86. The van der Waals surface area contributed by atoms with Gasteiger partial charge in [0.25, 0.3) is 0 Å². The van der Waals surface area contributed by atoms with Crippen LogP contribution in [0.5, 0.6) is 0 Å². The molecule has 1 saturated heterocycles. The van der Waals surface area contributed by atoms with Crippen molar-refractivity contribution in [3.63, 3.8) is 0 Å². The predicted octanol–water partition coefficient (Wildman–Crippen LogP) is 4.40. The Morgan fingerprint density at radius 2 is 1.85 bits per heavy atom. The van der Waals surface area contributed by atoms with Gasteiger partial charge in [0.1, 0.15) is 11.4 Å². The lowest BCUT2D eigenvalue weighted by molar-refractivity contribution is -0.194. The summed E-state index contributed by atoms with van der Waals surface area (Å²) in [5.74, 6) is -0.999. The Hall–Kier alpha value is -1.79. The zero-order valence-corrected chi connectivity index (χ0v) is 14.6. The van der Waals surface area contributed by atoms with Gasteiger partial charge in [0.2, 0.25) is 5.95 Å². The van der Waals surface area contributed by atoms with Crippen molar-refractivity contribution in [2.75, 3.05) is 13.2 Å². The molecule has 0 radical (unpaired) electrons. The third-order valence-corrected chi connectivity index (χ3v) is 6.25. The van der Waals surface area contributed by atoms with Gasteiger partial charge in [0.05, 0.1) is 25.6 Å². The van der Waals surface area contributed by atoms with Gasteiger partial charge in [-0.15, -0.1) is 0 Å². The van der Waals surface area contributed by atoms with Gasteiger partial charge in [-0.3, -0.25) is 0 Å². The number of hydrogen-bond donors (Lipinski definition) is 0. The molecule has 0 amide bonds. The van der Waals surface area contributed by atoms with Gasteiger partial charge < -0.3 is 14.0 Å². The van der Waals surface area contributed by atoms with Crippen molar-refractivity contribution < 1.29 is 18.3 Å². The predicted molar refractivity (Wildman–Crippen MR) is 91.9 cm³/mol. The third-order valence-electron chi connectivity index (χ3n) is 6.25. The molecule has 2 aliphatic heterocycles. The van der Waals surface area contributed by atoms with Crippen molar-refractivity contribution in [1.29, 1.82) is 0 Å². The summed E-state index contributed by atoms with van der Waals surface area (Å²) < 4.78 is 42.8. The highest BCUT2D eigenvalue weighted by molar-refractivity contribution is 5.69. The first-order valence-corrected chi connectivity index (χ1v) is 9.38. The molecular weight excluding hydrogens is 338 g/mol. The van der Waals surface area contributed by atoms with Gasteiger partial charge in [0.15, 0.2) is 5.79 Å². The summed E-state index contributed by atoms with van der Waals surface area (Å²) in [5, 5.41) is 0. The van der Waals surface area contributed by atoms with Crippen molar-refractivity contribution >= 4 is 0 Å². The van der Waals surface area contributed by atoms with Crippen molar-refractivity contribution in [2.24, 2.45) is 0 Å². The summed E-state index contributed by atoms with van der Waals surface area (Å²) >= 11 is 0. The number of nitrogens with zero attached hydrogens (tertiary/aromatic N) is 2. The Morgan fingerprint density at radius 3 is 2.62 bits per heavy atom. The summed E-state index contributed by atoms with van der Waals surface area (Å²) in [6, 6.07) is 7.72. The molecule has 1 spiro atoms. The van der Waals surface area contributed by atoms with E-state index in [1.807, 2.05) is 28.8 Å². The summed E-state index contributed by atoms with van der Waals surface area (Å²) in [6.07, 6.45) is 4.73. The number of rotatable bonds is 3. The van der Waals surface area contributed by atoms with Crippen LogP contribution in [0.3, 0.4) is 0 Å². The van der Waals surface area contributed by atoms with E-state index in [9.17, 15) is 4.39 Å². The molecule has 6 heteroatoms. The van der Waals surface area contributed by atoms with Crippen LogP contribution in [0.15, 0.2) is 30.6 Å². The van der Waals surface area contributed by atoms with E-state index in [0.717, 1.165) is 11.1 Å². The fraction of sp³-hybridized carbons (Fsp3) is 0.550. The van der Waals surface area contributed by atoms with Crippen molar-refractivity contribution in [3.05, 3.63) is 42.1 Å². The standard InChI is InChI=1S/C20H22F2N2O2/c21-18-17-15-4-2-1-3-14(15)16(24(17)13-23-18)5-6-19(22)7-9-20(10-8-19)25-11-12-26-20/h1-4,13,16H,5-12H2. The van der Waals surface area contributed by atoms with Crippen LogP contribution in [0, 0.1) is 5.95 Å². The molecule has 1 aromatic carbocycles. The van der Waals surface area contributed by atoms with Gasteiger partial charge >= 0.3 is 0 Å². The van der Waals surface area contributed by atoms with Crippen LogP contribution in [-0.2, 0) is 9.47 Å². The average molecular weight is 360 g/mol. The largest absolute Gasteiger partial charge is 0.348 e. The number of fused-ring (bicyclic) bond motifs is 3. The Kier molecular flexibility index (Phi) is 3.69. The Labute approximate surface area is 151 Å².